The first-order valence-corrected chi connectivity index (χ1v) is 6.89. The molecule has 0 spiro atoms. The second-order valence-electron chi connectivity index (χ2n) is 5.46. The number of rotatable bonds is 7. The van der Waals surface area contributed by atoms with Crippen molar-refractivity contribution in [2.24, 2.45) is 0 Å². The summed E-state index contributed by atoms with van der Waals surface area (Å²) in [5.74, 6) is 0. The summed E-state index contributed by atoms with van der Waals surface area (Å²) in [6, 6.07) is 0. The minimum absolute atomic E-state index is 0.0613. The van der Waals surface area contributed by atoms with Gasteiger partial charge in [-0.15, -0.1) is 11.6 Å². The highest BCUT2D eigenvalue weighted by Gasteiger charge is 2.41. The molecule has 0 radical (unpaired) electrons. The zero-order valence-corrected chi connectivity index (χ0v) is 12.1. The van der Waals surface area contributed by atoms with E-state index in [0.29, 0.717) is 13.2 Å². The molecule has 0 aromatic rings. The van der Waals surface area contributed by atoms with Gasteiger partial charge in [0.1, 0.15) is 6.10 Å². The van der Waals surface area contributed by atoms with Gasteiger partial charge in [0.05, 0.1) is 30.3 Å². The van der Waals surface area contributed by atoms with E-state index in [2.05, 4.69) is 6.92 Å². The molecule has 0 saturated heterocycles. The lowest BCUT2D eigenvalue weighted by molar-refractivity contribution is -0.138. The van der Waals surface area contributed by atoms with Crippen LogP contribution in [-0.2, 0) is 14.2 Å². The normalized spacial score (nSPS) is 29.1. The molecule has 1 rings (SSSR count). The molecule has 102 valence electrons. The summed E-state index contributed by atoms with van der Waals surface area (Å²) in [7, 11) is 0. The molecular formula is C13H25ClO3. The minimum atomic E-state index is -0.101. The van der Waals surface area contributed by atoms with E-state index in [1.807, 2.05) is 20.8 Å². The Bertz CT molecular complexity index is 215. The van der Waals surface area contributed by atoms with Crippen LogP contribution >= 0.6 is 11.6 Å². The topological polar surface area (TPSA) is 27.7 Å². The van der Waals surface area contributed by atoms with Gasteiger partial charge in [0.25, 0.3) is 0 Å². The molecule has 0 amide bonds. The van der Waals surface area contributed by atoms with Crippen LogP contribution in [0, 0.1) is 0 Å². The molecule has 0 bridgehead atoms. The third-order valence-electron chi connectivity index (χ3n) is 2.65. The predicted octanol–water partition coefficient (Wildman–Crippen LogP) is 2.99. The van der Waals surface area contributed by atoms with Gasteiger partial charge in [-0.25, -0.2) is 0 Å². The molecule has 17 heavy (non-hydrogen) atoms. The maximum atomic E-state index is 6.09. The van der Waals surface area contributed by atoms with Gasteiger partial charge in [-0.1, -0.05) is 6.92 Å². The van der Waals surface area contributed by atoms with Gasteiger partial charge >= 0.3 is 0 Å². The Morgan fingerprint density at radius 3 is 2.35 bits per heavy atom. The van der Waals surface area contributed by atoms with Crippen molar-refractivity contribution in [2.75, 3.05) is 19.8 Å². The van der Waals surface area contributed by atoms with Gasteiger partial charge in [0.15, 0.2) is 0 Å². The van der Waals surface area contributed by atoms with Crippen LogP contribution in [0.15, 0.2) is 0 Å². The Morgan fingerprint density at radius 1 is 1.12 bits per heavy atom. The van der Waals surface area contributed by atoms with Gasteiger partial charge in [0.2, 0.25) is 0 Å². The molecule has 0 N–H and O–H groups in total. The first-order chi connectivity index (χ1) is 7.94. The first-order valence-electron chi connectivity index (χ1n) is 6.45. The predicted molar refractivity (Wildman–Crippen MR) is 69.7 cm³/mol. The number of hydrogen-bond acceptors (Lipinski definition) is 3. The molecule has 0 aliphatic heterocycles. The Labute approximate surface area is 110 Å². The van der Waals surface area contributed by atoms with Crippen molar-refractivity contribution >= 4 is 11.6 Å². The van der Waals surface area contributed by atoms with Crippen molar-refractivity contribution < 1.29 is 14.2 Å². The van der Waals surface area contributed by atoms with Crippen molar-refractivity contribution in [2.45, 2.75) is 63.7 Å². The van der Waals surface area contributed by atoms with Crippen LogP contribution in [0.4, 0.5) is 0 Å². The van der Waals surface area contributed by atoms with E-state index >= 15 is 0 Å². The van der Waals surface area contributed by atoms with Crippen molar-refractivity contribution in [1.29, 1.82) is 0 Å². The summed E-state index contributed by atoms with van der Waals surface area (Å²) in [5.41, 5.74) is -0.101. The van der Waals surface area contributed by atoms with E-state index < -0.39 is 0 Å². The monoisotopic (exact) mass is 264 g/mol. The van der Waals surface area contributed by atoms with Crippen LogP contribution < -0.4 is 0 Å². The lowest BCUT2D eigenvalue weighted by Gasteiger charge is -2.40. The SMILES string of the molecule is CCCOC1C(Cl)CC1OCCOC(C)(C)C. The molecule has 1 aliphatic rings. The van der Waals surface area contributed by atoms with E-state index in [1.54, 1.807) is 0 Å². The molecule has 0 aromatic carbocycles. The van der Waals surface area contributed by atoms with Crippen LogP contribution in [0.2, 0.25) is 0 Å². The lowest BCUT2D eigenvalue weighted by Crippen LogP contribution is -2.51. The first kappa shape index (κ1) is 15.2. The molecule has 1 saturated carbocycles. The summed E-state index contributed by atoms with van der Waals surface area (Å²) >= 11 is 6.09. The highest BCUT2D eigenvalue weighted by molar-refractivity contribution is 6.21. The van der Waals surface area contributed by atoms with Gasteiger partial charge in [-0.2, -0.15) is 0 Å². The molecule has 3 nitrogen and oxygen atoms in total. The molecule has 1 aliphatic carbocycles. The summed E-state index contributed by atoms with van der Waals surface area (Å²) in [5, 5.41) is 0.107. The van der Waals surface area contributed by atoms with Crippen LogP contribution in [-0.4, -0.2) is 43.0 Å². The van der Waals surface area contributed by atoms with Gasteiger partial charge in [-0.05, 0) is 33.6 Å². The number of alkyl halides is 1. The van der Waals surface area contributed by atoms with Crippen molar-refractivity contribution in [1.82, 2.24) is 0 Å². The quantitative estimate of drug-likeness (QED) is 0.523. The molecule has 3 atom stereocenters. The Kier molecular flexibility index (Phi) is 6.21. The maximum absolute atomic E-state index is 6.09. The summed E-state index contributed by atoms with van der Waals surface area (Å²) < 4.78 is 17.0. The van der Waals surface area contributed by atoms with Crippen LogP contribution in [0.25, 0.3) is 0 Å². The summed E-state index contributed by atoms with van der Waals surface area (Å²) in [6.07, 6.45) is 2.10. The van der Waals surface area contributed by atoms with Crippen LogP contribution in [0.5, 0.6) is 0 Å². The summed E-state index contributed by atoms with van der Waals surface area (Å²) in [6.45, 7) is 10.2. The number of hydrogen-bond donors (Lipinski definition) is 0. The highest BCUT2D eigenvalue weighted by atomic mass is 35.5. The second kappa shape index (κ2) is 6.93. The van der Waals surface area contributed by atoms with Crippen LogP contribution in [0.3, 0.4) is 0 Å². The average molecular weight is 265 g/mol. The van der Waals surface area contributed by atoms with Gasteiger partial charge in [-0.3, -0.25) is 0 Å². The standard InChI is InChI=1S/C13H25ClO3/c1-5-6-16-12-10(14)9-11(12)15-7-8-17-13(2,3)4/h10-12H,5-9H2,1-4H3. The third kappa shape index (κ3) is 5.56. The number of halogens is 1. The second-order valence-corrected chi connectivity index (χ2v) is 6.02. The van der Waals surface area contributed by atoms with Crippen molar-refractivity contribution in [3.05, 3.63) is 0 Å². The largest absolute Gasteiger partial charge is 0.374 e. The zero-order valence-electron chi connectivity index (χ0n) is 11.4. The van der Waals surface area contributed by atoms with E-state index in [4.69, 9.17) is 25.8 Å². The molecule has 1 fully saturated rings. The fourth-order valence-electron chi connectivity index (χ4n) is 1.70. The maximum Gasteiger partial charge on any atom is 0.100 e. The van der Waals surface area contributed by atoms with Gasteiger partial charge < -0.3 is 14.2 Å². The fourth-order valence-corrected chi connectivity index (χ4v) is 2.11. The summed E-state index contributed by atoms with van der Waals surface area (Å²) in [4.78, 5) is 0. The fraction of sp³-hybridized carbons (Fsp3) is 1.00. The smallest absolute Gasteiger partial charge is 0.100 e. The Hall–Kier alpha value is 0.170. The molecule has 4 heteroatoms. The van der Waals surface area contributed by atoms with Crippen molar-refractivity contribution in [3.8, 4) is 0 Å². The number of ether oxygens (including phenoxy) is 3. The Morgan fingerprint density at radius 2 is 1.82 bits per heavy atom. The van der Waals surface area contributed by atoms with Crippen LogP contribution in [0.1, 0.15) is 40.5 Å². The van der Waals surface area contributed by atoms with E-state index in [0.717, 1.165) is 19.4 Å². The minimum Gasteiger partial charge on any atom is -0.374 e. The van der Waals surface area contributed by atoms with E-state index in [1.165, 1.54) is 0 Å². The molecular weight excluding hydrogens is 240 g/mol. The van der Waals surface area contributed by atoms with E-state index in [-0.39, 0.29) is 23.2 Å². The van der Waals surface area contributed by atoms with Crippen molar-refractivity contribution in [3.63, 3.8) is 0 Å². The zero-order chi connectivity index (χ0) is 12.9. The highest BCUT2D eigenvalue weighted by Crippen LogP contribution is 2.31. The lowest BCUT2D eigenvalue weighted by atomic mass is 9.91. The molecule has 0 heterocycles. The Balaban J connectivity index is 2.11. The van der Waals surface area contributed by atoms with E-state index in [9.17, 15) is 0 Å². The third-order valence-corrected chi connectivity index (χ3v) is 3.07. The molecule has 3 unspecified atom stereocenters. The van der Waals surface area contributed by atoms with Gasteiger partial charge in [0, 0.05) is 6.61 Å². The average Bonchev–Trinajstić information content (AvgIpc) is 2.21. The molecule has 0 aromatic heterocycles.